The van der Waals surface area contributed by atoms with Gasteiger partial charge in [0.2, 0.25) is 0 Å². The molecule has 2 aliphatic rings. The standard InChI is InChI=1S/C20H19F2N3O5.C2HF3O2/c21-17-5-11(24-8-13(7-23)29-19(24)27)1-3-15(17)16-4-2-12(6-18(16)22)25-9-14(10-26)30-20(25)28;3-2(4,5)1(6)7/h1-6,13-14,26H,7-10,23H2;(H,6,7)/t13-,14+;/m0./s1. The molecule has 2 fully saturated rings. The molecular weight excluding hydrogens is 513 g/mol. The third kappa shape index (κ3) is 6.24. The van der Waals surface area contributed by atoms with Crippen molar-refractivity contribution in [2.24, 2.45) is 5.73 Å². The third-order valence-electron chi connectivity index (χ3n) is 5.28. The molecule has 4 N–H and O–H groups in total. The van der Waals surface area contributed by atoms with Crippen LogP contribution in [0.4, 0.5) is 42.9 Å². The van der Waals surface area contributed by atoms with Gasteiger partial charge in [-0.2, -0.15) is 13.2 Å². The van der Waals surface area contributed by atoms with Crippen LogP contribution < -0.4 is 15.5 Å². The summed E-state index contributed by atoms with van der Waals surface area (Å²) >= 11 is 0. The lowest BCUT2D eigenvalue weighted by Gasteiger charge is -2.16. The maximum atomic E-state index is 14.8. The second-order valence-electron chi connectivity index (χ2n) is 7.78. The van der Waals surface area contributed by atoms with Gasteiger partial charge in [-0.25, -0.2) is 23.2 Å². The van der Waals surface area contributed by atoms with Crippen molar-refractivity contribution in [3.63, 3.8) is 0 Å². The number of cyclic esters (lactones) is 2. The second-order valence-corrected chi connectivity index (χ2v) is 7.78. The summed E-state index contributed by atoms with van der Waals surface area (Å²) in [5.74, 6) is -4.21. The van der Waals surface area contributed by atoms with E-state index >= 15 is 0 Å². The summed E-state index contributed by atoms with van der Waals surface area (Å²) < 4.78 is 71.2. The van der Waals surface area contributed by atoms with E-state index in [0.29, 0.717) is 0 Å². The fraction of sp³-hybridized carbons (Fsp3) is 0.318. The van der Waals surface area contributed by atoms with Crippen molar-refractivity contribution < 1.29 is 56.0 Å². The number of rotatable bonds is 5. The van der Waals surface area contributed by atoms with E-state index in [1.165, 1.54) is 34.1 Å². The van der Waals surface area contributed by atoms with Crippen molar-refractivity contribution in [3.8, 4) is 11.1 Å². The highest BCUT2D eigenvalue weighted by atomic mass is 19.4. The predicted molar refractivity (Wildman–Crippen MR) is 117 cm³/mol. The van der Waals surface area contributed by atoms with Crippen molar-refractivity contribution in [1.29, 1.82) is 0 Å². The third-order valence-corrected chi connectivity index (χ3v) is 5.28. The molecule has 0 saturated carbocycles. The predicted octanol–water partition coefficient (Wildman–Crippen LogP) is 2.87. The van der Waals surface area contributed by atoms with Crippen LogP contribution in [-0.4, -0.2) is 73.0 Å². The molecule has 2 amide bonds. The van der Waals surface area contributed by atoms with E-state index in [-0.39, 0.29) is 48.7 Å². The zero-order valence-electron chi connectivity index (χ0n) is 18.7. The molecule has 0 bridgehead atoms. The number of anilines is 2. The number of carbonyl (C=O) groups excluding carboxylic acids is 2. The Balaban J connectivity index is 0.000000479. The first kappa shape index (κ1) is 27.6. The lowest BCUT2D eigenvalue weighted by Crippen LogP contribution is -2.27. The number of carboxylic acid groups (broad SMARTS) is 1. The van der Waals surface area contributed by atoms with Crippen LogP contribution in [0.3, 0.4) is 0 Å². The van der Waals surface area contributed by atoms with Gasteiger partial charge in [-0.05, 0) is 36.4 Å². The first-order valence-corrected chi connectivity index (χ1v) is 10.5. The van der Waals surface area contributed by atoms with Gasteiger partial charge in [-0.3, -0.25) is 9.80 Å². The minimum absolute atomic E-state index is 0.00194. The number of ether oxygens (including phenoxy) is 2. The Morgan fingerprint density at radius 2 is 1.32 bits per heavy atom. The van der Waals surface area contributed by atoms with Crippen molar-refractivity contribution in [2.45, 2.75) is 18.4 Å². The number of hydrogen-bond donors (Lipinski definition) is 3. The van der Waals surface area contributed by atoms with Gasteiger partial charge in [0.1, 0.15) is 23.8 Å². The first-order valence-electron chi connectivity index (χ1n) is 10.5. The molecule has 37 heavy (non-hydrogen) atoms. The van der Waals surface area contributed by atoms with E-state index in [1.54, 1.807) is 0 Å². The number of halogens is 5. The Morgan fingerprint density at radius 1 is 0.919 bits per heavy atom. The van der Waals surface area contributed by atoms with Crippen molar-refractivity contribution in [3.05, 3.63) is 48.0 Å². The summed E-state index contributed by atoms with van der Waals surface area (Å²) in [4.78, 5) is 35.1. The number of alkyl halides is 3. The number of aliphatic hydroxyl groups excluding tert-OH is 1. The highest BCUT2D eigenvalue weighted by molar-refractivity contribution is 5.91. The highest BCUT2D eigenvalue weighted by Gasteiger charge is 2.38. The molecule has 2 aromatic carbocycles. The van der Waals surface area contributed by atoms with Gasteiger partial charge >= 0.3 is 24.3 Å². The Labute approximate surface area is 205 Å². The molecule has 15 heteroatoms. The molecule has 0 aliphatic carbocycles. The number of aliphatic carboxylic acids is 1. The van der Waals surface area contributed by atoms with Gasteiger partial charge in [-0.1, -0.05) is 0 Å². The van der Waals surface area contributed by atoms with Crippen molar-refractivity contribution in [1.82, 2.24) is 0 Å². The maximum absolute atomic E-state index is 14.8. The Morgan fingerprint density at radius 3 is 1.62 bits per heavy atom. The maximum Gasteiger partial charge on any atom is 0.490 e. The molecule has 4 rings (SSSR count). The molecule has 2 saturated heterocycles. The summed E-state index contributed by atoms with van der Waals surface area (Å²) in [6.07, 6.45) is -7.54. The minimum Gasteiger partial charge on any atom is -0.475 e. The van der Waals surface area contributed by atoms with Crippen molar-refractivity contribution in [2.75, 3.05) is 36.0 Å². The SMILES string of the molecule is NC[C@H]1CN(c2ccc(-c3ccc(N4C[C@H](CO)OC4=O)cc3F)c(F)c2)C(=O)O1.O=C(O)C(F)(F)F. The van der Waals surface area contributed by atoms with Crippen LogP contribution >= 0.6 is 0 Å². The lowest BCUT2D eigenvalue weighted by atomic mass is 10.0. The molecule has 0 radical (unpaired) electrons. The zero-order chi connectivity index (χ0) is 27.5. The molecule has 200 valence electrons. The van der Waals surface area contributed by atoms with Gasteiger partial charge in [0.05, 0.1) is 31.1 Å². The quantitative estimate of drug-likeness (QED) is 0.498. The summed E-state index contributed by atoms with van der Waals surface area (Å²) in [6.45, 7) is 0.117. The zero-order valence-corrected chi connectivity index (χ0v) is 18.7. The topological polar surface area (TPSA) is 143 Å². The Kier molecular flexibility index (Phi) is 8.18. The molecular formula is C22H20F5N3O7. The number of amides is 2. The van der Waals surface area contributed by atoms with Gasteiger partial charge < -0.3 is 25.4 Å². The van der Waals surface area contributed by atoms with Crippen LogP contribution in [0.2, 0.25) is 0 Å². The smallest absolute Gasteiger partial charge is 0.475 e. The number of nitrogens with two attached hydrogens (primary N) is 1. The number of carbonyl (C=O) groups is 3. The lowest BCUT2D eigenvalue weighted by molar-refractivity contribution is -0.192. The first-order chi connectivity index (χ1) is 17.3. The molecule has 0 aromatic heterocycles. The van der Waals surface area contributed by atoms with Crippen LogP contribution in [0.1, 0.15) is 0 Å². The van der Waals surface area contributed by atoms with Crippen LogP contribution in [0.25, 0.3) is 11.1 Å². The Hall–Kier alpha value is -3.98. The van der Waals surface area contributed by atoms with E-state index in [9.17, 15) is 31.5 Å². The molecule has 10 nitrogen and oxygen atoms in total. The van der Waals surface area contributed by atoms with E-state index < -0.39 is 48.2 Å². The van der Waals surface area contributed by atoms with E-state index in [1.807, 2.05) is 0 Å². The molecule has 2 heterocycles. The minimum atomic E-state index is -5.08. The second kappa shape index (κ2) is 11.0. The monoisotopic (exact) mass is 533 g/mol. The average molecular weight is 533 g/mol. The summed E-state index contributed by atoms with van der Waals surface area (Å²) in [6, 6.07) is 7.93. The van der Waals surface area contributed by atoms with Crippen LogP contribution in [0, 0.1) is 11.6 Å². The summed E-state index contributed by atoms with van der Waals surface area (Å²) in [7, 11) is 0. The van der Waals surface area contributed by atoms with Crippen LogP contribution in [0.15, 0.2) is 36.4 Å². The highest BCUT2D eigenvalue weighted by Crippen LogP contribution is 2.33. The molecule has 2 aromatic rings. The largest absolute Gasteiger partial charge is 0.490 e. The number of aliphatic hydroxyl groups is 1. The fourth-order valence-corrected chi connectivity index (χ4v) is 3.46. The normalized spacial score (nSPS) is 19.3. The van der Waals surface area contributed by atoms with Gasteiger partial charge in [0, 0.05) is 17.7 Å². The molecule has 2 aliphatic heterocycles. The number of nitrogens with zero attached hydrogens (tertiary/aromatic N) is 2. The molecule has 0 spiro atoms. The van der Waals surface area contributed by atoms with E-state index in [0.717, 1.165) is 12.1 Å². The summed E-state index contributed by atoms with van der Waals surface area (Å²) in [5, 5.41) is 16.2. The fourth-order valence-electron chi connectivity index (χ4n) is 3.46. The average Bonchev–Trinajstić information content (AvgIpc) is 3.41. The van der Waals surface area contributed by atoms with E-state index in [4.69, 9.17) is 30.2 Å². The van der Waals surface area contributed by atoms with E-state index in [2.05, 4.69) is 0 Å². The number of benzene rings is 2. The number of hydrogen-bond acceptors (Lipinski definition) is 7. The van der Waals surface area contributed by atoms with Gasteiger partial charge in [0.15, 0.2) is 0 Å². The molecule has 2 atom stereocenters. The van der Waals surface area contributed by atoms with Crippen molar-refractivity contribution >= 4 is 29.5 Å². The Bertz CT molecular complexity index is 1110. The van der Waals surface area contributed by atoms with Gasteiger partial charge in [0.25, 0.3) is 0 Å². The van der Waals surface area contributed by atoms with Crippen LogP contribution in [0.5, 0.6) is 0 Å². The van der Waals surface area contributed by atoms with Crippen LogP contribution in [-0.2, 0) is 14.3 Å². The summed E-state index contributed by atoms with van der Waals surface area (Å²) in [5.41, 5.74) is 6.02. The molecule has 0 unspecified atom stereocenters. The number of carboxylic acids is 1. The van der Waals surface area contributed by atoms with Gasteiger partial charge in [-0.15, -0.1) is 0 Å².